The van der Waals surface area contributed by atoms with Crippen molar-refractivity contribution in [2.45, 2.75) is 32.2 Å². The van der Waals surface area contributed by atoms with E-state index in [9.17, 15) is 19.3 Å². The fraction of sp³-hybridized carbons (Fsp3) is 0.286. The van der Waals surface area contributed by atoms with E-state index in [0.717, 1.165) is 12.0 Å². The molecule has 0 fully saturated rings. The molecule has 0 saturated heterocycles. The Morgan fingerprint density at radius 3 is 2.50 bits per heavy atom. The van der Waals surface area contributed by atoms with Crippen LogP contribution in [0.25, 0.3) is 10.9 Å². The molecule has 0 radical (unpaired) electrons. The Morgan fingerprint density at radius 2 is 1.76 bits per heavy atom. The summed E-state index contributed by atoms with van der Waals surface area (Å²) in [4.78, 5) is 54.9. The summed E-state index contributed by atoms with van der Waals surface area (Å²) in [6.07, 6.45) is 5.64. The van der Waals surface area contributed by atoms with Gasteiger partial charge in [0.2, 0.25) is 0 Å². The van der Waals surface area contributed by atoms with E-state index in [1.165, 1.54) is 17.0 Å². The number of aromatic nitrogens is 2. The molecular formula is C28H27N4O6+. The first-order valence-corrected chi connectivity index (χ1v) is 12.3. The highest BCUT2D eigenvalue weighted by Crippen LogP contribution is 2.29. The highest BCUT2D eigenvalue weighted by Gasteiger charge is 2.37. The van der Waals surface area contributed by atoms with E-state index >= 15 is 0 Å². The number of benzene rings is 2. The van der Waals surface area contributed by atoms with E-state index < -0.39 is 0 Å². The molecule has 0 atom stereocenters. The highest BCUT2D eigenvalue weighted by molar-refractivity contribution is 6.20. The molecule has 2 heterocycles. The number of fused-ring (bicyclic) bond motifs is 1. The molecule has 1 N–H and O–H groups in total. The SMILES string of the molecule is COc1ccc(CCn2c(CCN3C(=O)C4=C(CCC=C4)C3=O)[nH+]c3cc(N=O)ccc3c2=O)cc1OC. The Hall–Kier alpha value is -4.60. The molecular weight excluding hydrogens is 488 g/mol. The van der Waals surface area contributed by atoms with Crippen molar-refractivity contribution in [2.24, 2.45) is 5.18 Å². The van der Waals surface area contributed by atoms with Crippen LogP contribution in [-0.4, -0.2) is 42.0 Å². The van der Waals surface area contributed by atoms with Gasteiger partial charge in [0.15, 0.2) is 11.5 Å². The van der Waals surface area contributed by atoms with Gasteiger partial charge in [-0.3, -0.25) is 14.5 Å². The smallest absolute Gasteiger partial charge is 0.345 e. The molecule has 194 valence electrons. The van der Waals surface area contributed by atoms with Crippen LogP contribution in [0.1, 0.15) is 24.2 Å². The third kappa shape index (κ3) is 4.49. The summed E-state index contributed by atoms with van der Waals surface area (Å²) in [5, 5.41) is 3.38. The van der Waals surface area contributed by atoms with Crippen LogP contribution >= 0.6 is 0 Å². The number of nitrogens with one attached hydrogen (secondary N) is 1. The number of ether oxygens (including phenoxy) is 2. The molecule has 1 aliphatic carbocycles. The Bertz CT molecular complexity index is 1590. The largest absolute Gasteiger partial charge is 0.493 e. The van der Waals surface area contributed by atoms with Crippen molar-refractivity contribution in [1.29, 1.82) is 0 Å². The standard InChI is InChI=1S/C28H26N4O6/c1-37-23-10-7-17(15-24(23)38-2)11-13-31-25(29-22-16-18(30-36)8-9-21(22)28(31)35)12-14-32-26(33)19-5-3-4-6-20(19)27(32)34/h3,5,7-10,15-16H,4,6,11-14H2,1-2H3/p+1. The van der Waals surface area contributed by atoms with Crippen molar-refractivity contribution in [3.63, 3.8) is 0 Å². The second-order valence-corrected chi connectivity index (χ2v) is 9.13. The van der Waals surface area contributed by atoms with Crippen molar-refractivity contribution < 1.29 is 24.0 Å². The summed E-state index contributed by atoms with van der Waals surface area (Å²) in [6.45, 7) is 0.449. The number of rotatable bonds is 9. The first-order chi connectivity index (χ1) is 18.4. The summed E-state index contributed by atoms with van der Waals surface area (Å²) < 4.78 is 12.3. The summed E-state index contributed by atoms with van der Waals surface area (Å²) in [7, 11) is 3.13. The lowest BCUT2D eigenvalue weighted by Crippen LogP contribution is -2.38. The quantitative estimate of drug-likeness (QED) is 0.319. The van der Waals surface area contributed by atoms with Crippen LogP contribution in [0.2, 0.25) is 0 Å². The van der Waals surface area contributed by atoms with E-state index in [1.54, 1.807) is 30.9 Å². The molecule has 0 unspecified atom stereocenters. The van der Waals surface area contributed by atoms with Gasteiger partial charge in [0, 0.05) is 30.2 Å². The second kappa shape index (κ2) is 10.4. The van der Waals surface area contributed by atoms with Crippen LogP contribution in [0, 0.1) is 4.91 Å². The van der Waals surface area contributed by atoms with Crippen LogP contribution in [0.15, 0.2) is 69.7 Å². The van der Waals surface area contributed by atoms with E-state index in [2.05, 4.69) is 10.2 Å². The Labute approximate surface area is 218 Å². The van der Waals surface area contributed by atoms with Crippen LogP contribution in [0.4, 0.5) is 5.69 Å². The van der Waals surface area contributed by atoms with Crippen molar-refractivity contribution in [2.75, 3.05) is 20.8 Å². The zero-order valence-electron chi connectivity index (χ0n) is 21.2. The van der Waals surface area contributed by atoms with Gasteiger partial charge in [0.1, 0.15) is 16.6 Å². The number of nitrogens with zero attached hydrogens (tertiary/aromatic N) is 3. The molecule has 2 aromatic carbocycles. The third-order valence-corrected chi connectivity index (χ3v) is 6.98. The van der Waals surface area contributed by atoms with Crippen molar-refractivity contribution >= 4 is 28.4 Å². The van der Waals surface area contributed by atoms with Gasteiger partial charge in [-0.1, -0.05) is 18.2 Å². The third-order valence-electron chi connectivity index (χ3n) is 6.98. The molecule has 2 aliphatic rings. The van der Waals surface area contributed by atoms with Gasteiger partial charge < -0.3 is 9.47 Å². The minimum absolute atomic E-state index is 0.113. The maximum atomic E-state index is 13.5. The normalized spacial score (nSPS) is 14.8. The summed E-state index contributed by atoms with van der Waals surface area (Å²) >= 11 is 0. The van der Waals surface area contributed by atoms with E-state index in [0.29, 0.717) is 58.8 Å². The van der Waals surface area contributed by atoms with Crippen molar-refractivity contribution in [3.8, 4) is 11.5 Å². The van der Waals surface area contributed by atoms with Gasteiger partial charge in [-0.15, -0.1) is 4.91 Å². The first kappa shape index (κ1) is 25.1. The number of allylic oxidation sites excluding steroid dienone is 1. The molecule has 3 aromatic rings. The minimum Gasteiger partial charge on any atom is -0.493 e. The average Bonchev–Trinajstić information content (AvgIpc) is 3.19. The predicted molar refractivity (Wildman–Crippen MR) is 139 cm³/mol. The van der Waals surface area contributed by atoms with Gasteiger partial charge in [-0.2, -0.15) is 4.57 Å². The first-order valence-electron chi connectivity index (χ1n) is 12.3. The van der Waals surface area contributed by atoms with E-state index in [-0.39, 0.29) is 36.0 Å². The Kier molecular flexibility index (Phi) is 6.87. The molecule has 0 bridgehead atoms. The van der Waals surface area contributed by atoms with Crippen LogP contribution < -0.4 is 20.0 Å². The number of aryl methyl sites for hydroxylation is 1. The molecule has 10 heteroatoms. The highest BCUT2D eigenvalue weighted by atomic mass is 16.5. The number of carbonyl (C=O) groups excluding carboxylic acids is 2. The monoisotopic (exact) mass is 515 g/mol. The number of carbonyl (C=O) groups is 2. The molecule has 38 heavy (non-hydrogen) atoms. The summed E-state index contributed by atoms with van der Waals surface area (Å²) in [6, 6.07) is 10.2. The summed E-state index contributed by atoms with van der Waals surface area (Å²) in [5.74, 6) is 1.15. The topological polar surface area (TPSA) is 121 Å². The number of aromatic amines is 1. The van der Waals surface area contributed by atoms with Gasteiger partial charge >= 0.3 is 5.56 Å². The van der Waals surface area contributed by atoms with E-state index in [1.807, 2.05) is 24.3 Å². The number of imide groups is 1. The van der Waals surface area contributed by atoms with Gasteiger partial charge in [-0.25, -0.2) is 9.78 Å². The molecule has 0 spiro atoms. The van der Waals surface area contributed by atoms with Crippen molar-refractivity contribution in [1.82, 2.24) is 9.47 Å². The van der Waals surface area contributed by atoms with Gasteiger partial charge in [0.05, 0.1) is 27.2 Å². The van der Waals surface area contributed by atoms with Crippen LogP contribution in [0.5, 0.6) is 11.5 Å². The number of hydrogen-bond donors (Lipinski definition) is 0. The lowest BCUT2D eigenvalue weighted by Gasteiger charge is -2.15. The maximum Gasteiger partial charge on any atom is 0.345 e. The number of H-pyrrole nitrogens is 1. The number of methoxy groups -OCH3 is 2. The average molecular weight is 516 g/mol. The second-order valence-electron chi connectivity index (χ2n) is 9.13. The summed E-state index contributed by atoms with van der Waals surface area (Å²) in [5.41, 5.74) is 2.35. The zero-order valence-corrected chi connectivity index (χ0v) is 21.2. The molecule has 0 saturated carbocycles. The Balaban J connectivity index is 1.46. The number of nitroso groups, excluding NO2 is 1. The molecule has 1 aliphatic heterocycles. The lowest BCUT2D eigenvalue weighted by molar-refractivity contribution is -0.367. The fourth-order valence-electron chi connectivity index (χ4n) is 4.99. The number of hydrogen-bond acceptors (Lipinski definition) is 7. The molecule has 10 nitrogen and oxygen atoms in total. The zero-order chi connectivity index (χ0) is 26.8. The minimum atomic E-state index is -0.312. The van der Waals surface area contributed by atoms with Crippen LogP contribution in [0.3, 0.4) is 0 Å². The van der Waals surface area contributed by atoms with Crippen LogP contribution in [-0.2, 0) is 29.0 Å². The fourth-order valence-corrected chi connectivity index (χ4v) is 4.99. The molecule has 5 rings (SSSR count). The Morgan fingerprint density at radius 1 is 0.947 bits per heavy atom. The maximum absolute atomic E-state index is 13.5. The molecule has 2 amide bonds. The molecule has 1 aromatic heterocycles. The van der Waals surface area contributed by atoms with Gasteiger partial charge in [0.25, 0.3) is 17.6 Å². The van der Waals surface area contributed by atoms with Gasteiger partial charge in [-0.05, 0) is 47.8 Å². The van der Waals surface area contributed by atoms with E-state index in [4.69, 9.17) is 9.47 Å². The predicted octanol–water partition coefficient (Wildman–Crippen LogP) is 3.03. The number of amides is 2. The lowest BCUT2D eigenvalue weighted by atomic mass is 10.00. The van der Waals surface area contributed by atoms with Crippen molar-refractivity contribution in [3.05, 3.63) is 86.3 Å².